The number of hydrogen-bond donors (Lipinski definition) is 2. The van der Waals surface area contributed by atoms with Crippen molar-refractivity contribution in [3.8, 4) is 0 Å². The fourth-order valence-corrected chi connectivity index (χ4v) is 5.34. The van der Waals surface area contributed by atoms with Gasteiger partial charge in [-0.1, -0.05) is 5.16 Å². The van der Waals surface area contributed by atoms with Crippen LogP contribution in [0.15, 0.2) is 26.2 Å². The van der Waals surface area contributed by atoms with E-state index in [1.54, 1.807) is 25.2 Å². The number of hydrogen-bond acceptors (Lipinski definition) is 6. The third-order valence-corrected chi connectivity index (χ3v) is 7.16. The molecule has 2 N–H and O–H groups in total. The van der Waals surface area contributed by atoms with Crippen molar-refractivity contribution in [2.24, 2.45) is 0 Å². The van der Waals surface area contributed by atoms with E-state index >= 15 is 0 Å². The maximum absolute atomic E-state index is 12.4. The molecule has 1 saturated heterocycles. The van der Waals surface area contributed by atoms with E-state index in [0.29, 0.717) is 18.8 Å². The van der Waals surface area contributed by atoms with Crippen LogP contribution in [0.5, 0.6) is 0 Å². The molecule has 1 fully saturated rings. The minimum atomic E-state index is -3.72. The second kappa shape index (κ2) is 8.51. The molecule has 148 valence electrons. The summed E-state index contributed by atoms with van der Waals surface area (Å²) in [4.78, 5) is 15.7. The van der Waals surface area contributed by atoms with E-state index in [0.717, 1.165) is 19.6 Å². The maximum Gasteiger partial charge on any atom is 0.245 e. The summed E-state index contributed by atoms with van der Waals surface area (Å²) >= 11 is 1.70. The van der Waals surface area contributed by atoms with Crippen LogP contribution in [0.4, 0.5) is 0 Å². The van der Waals surface area contributed by atoms with Crippen LogP contribution in [0.3, 0.4) is 0 Å². The molecule has 8 nitrogen and oxygen atoms in total. The molecular formula is C17H25N4O4S2+. The molecule has 2 aromatic heterocycles. The highest BCUT2D eigenvalue weighted by atomic mass is 32.2. The number of carbonyl (C=O) groups is 1. The Hall–Kier alpha value is -1.75. The number of sulfonamides is 1. The number of aryl methyl sites for hydroxylation is 2. The molecule has 0 aromatic carbocycles. The lowest BCUT2D eigenvalue weighted by Crippen LogP contribution is -3.13. The summed E-state index contributed by atoms with van der Waals surface area (Å²) in [7, 11) is -3.72. The van der Waals surface area contributed by atoms with Gasteiger partial charge in [-0.05, 0) is 30.7 Å². The molecule has 3 rings (SSSR count). The molecule has 0 bridgehead atoms. The molecule has 10 heteroatoms. The van der Waals surface area contributed by atoms with Crippen molar-refractivity contribution in [2.45, 2.75) is 31.7 Å². The SMILES string of the molecule is Cc1noc(C)c1S(=O)(=O)NCCC(=O)N1CC[NH+](Cc2ccsc2)CC1. The van der Waals surface area contributed by atoms with E-state index in [4.69, 9.17) is 4.52 Å². The Bertz CT molecular complexity index is 849. The number of quaternary nitrogens is 1. The molecule has 0 unspecified atom stereocenters. The van der Waals surface area contributed by atoms with Gasteiger partial charge in [-0.15, -0.1) is 0 Å². The Balaban J connectivity index is 1.44. The largest absolute Gasteiger partial charge is 0.360 e. The van der Waals surface area contributed by atoms with Gasteiger partial charge in [-0.3, -0.25) is 4.79 Å². The van der Waals surface area contributed by atoms with Crippen molar-refractivity contribution >= 4 is 27.3 Å². The maximum atomic E-state index is 12.4. The first-order chi connectivity index (χ1) is 12.9. The van der Waals surface area contributed by atoms with E-state index in [2.05, 4.69) is 26.7 Å². The lowest BCUT2D eigenvalue weighted by molar-refractivity contribution is -0.917. The Morgan fingerprint density at radius 3 is 2.70 bits per heavy atom. The van der Waals surface area contributed by atoms with Crippen LogP contribution >= 0.6 is 11.3 Å². The fraction of sp³-hybridized carbons (Fsp3) is 0.529. The molecule has 0 spiro atoms. The van der Waals surface area contributed by atoms with Crippen LogP contribution < -0.4 is 9.62 Å². The average Bonchev–Trinajstić information content (AvgIpc) is 3.25. The Morgan fingerprint density at radius 2 is 2.11 bits per heavy atom. The number of thiophene rings is 1. The van der Waals surface area contributed by atoms with Gasteiger partial charge in [-0.2, -0.15) is 11.3 Å². The van der Waals surface area contributed by atoms with Gasteiger partial charge < -0.3 is 14.3 Å². The average molecular weight is 414 g/mol. The van der Waals surface area contributed by atoms with Crippen LogP contribution in [-0.4, -0.2) is 57.1 Å². The number of nitrogens with one attached hydrogen (secondary N) is 2. The van der Waals surface area contributed by atoms with Gasteiger partial charge in [0.1, 0.15) is 17.1 Å². The van der Waals surface area contributed by atoms with Crippen molar-refractivity contribution in [3.63, 3.8) is 0 Å². The summed E-state index contributed by atoms with van der Waals surface area (Å²) in [5.74, 6) is 0.224. The lowest BCUT2D eigenvalue weighted by atomic mass is 10.2. The molecule has 0 radical (unpaired) electrons. The Kier molecular flexibility index (Phi) is 6.30. The predicted molar refractivity (Wildman–Crippen MR) is 101 cm³/mol. The summed E-state index contributed by atoms with van der Waals surface area (Å²) in [5.41, 5.74) is 1.65. The summed E-state index contributed by atoms with van der Waals surface area (Å²) < 4.78 is 32.1. The summed E-state index contributed by atoms with van der Waals surface area (Å²) in [6.45, 7) is 7.41. The Labute approximate surface area is 163 Å². The number of amides is 1. The molecule has 0 saturated carbocycles. The first kappa shape index (κ1) is 20.0. The summed E-state index contributed by atoms with van der Waals surface area (Å²) in [5, 5.41) is 7.91. The van der Waals surface area contributed by atoms with Gasteiger partial charge in [-0.25, -0.2) is 13.1 Å². The molecule has 3 heterocycles. The smallest absolute Gasteiger partial charge is 0.245 e. The van der Waals surface area contributed by atoms with Crippen molar-refractivity contribution in [1.82, 2.24) is 14.8 Å². The first-order valence-electron chi connectivity index (χ1n) is 8.92. The van der Waals surface area contributed by atoms with Gasteiger partial charge in [0.2, 0.25) is 15.9 Å². The normalized spacial score (nSPS) is 16.0. The molecule has 2 aromatic rings. The lowest BCUT2D eigenvalue weighted by Gasteiger charge is -2.32. The van der Waals surface area contributed by atoms with Crippen molar-refractivity contribution < 1.29 is 22.6 Å². The van der Waals surface area contributed by atoms with E-state index in [-0.39, 0.29) is 29.5 Å². The van der Waals surface area contributed by atoms with Gasteiger partial charge in [0.05, 0.1) is 26.2 Å². The quantitative estimate of drug-likeness (QED) is 0.663. The highest BCUT2D eigenvalue weighted by Gasteiger charge is 2.26. The third kappa shape index (κ3) is 4.95. The number of rotatable bonds is 7. The molecule has 1 aliphatic rings. The number of nitrogens with zero attached hydrogens (tertiary/aromatic N) is 2. The third-order valence-electron chi connectivity index (χ3n) is 4.73. The summed E-state index contributed by atoms with van der Waals surface area (Å²) in [6, 6.07) is 2.14. The standard InChI is InChI=1S/C17H24N4O4S2/c1-13-17(14(2)25-19-13)27(23,24)18-5-3-16(22)21-8-6-20(7-9-21)11-15-4-10-26-12-15/h4,10,12,18H,3,5-9,11H2,1-2H3/p+1. The summed E-state index contributed by atoms with van der Waals surface area (Å²) in [6.07, 6.45) is 0.141. The second-order valence-electron chi connectivity index (χ2n) is 6.74. The molecule has 0 atom stereocenters. The van der Waals surface area contributed by atoms with Gasteiger partial charge >= 0.3 is 0 Å². The highest BCUT2D eigenvalue weighted by Crippen LogP contribution is 2.18. The van der Waals surface area contributed by atoms with Crippen molar-refractivity contribution in [2.75, 3.05) is 32.7 Å². The monoisotopic (exact) mass is 413 g/mol. The highest BCUT2D eigenvalue weighted by molar-refractivity contribution is 7.89. The Morgan fingerprint density at radius 1 is 1.37 bits per heavy atom. The number of aromatic nitrogens is 1. The van der Waals surface area contributed by atoms with Gasteiger partial charge in [0, 0.05) is 18.5 Å². The van der Waals surface area contributed by atoms with Gasteiger partial charge in [0.25, 0.3) is 0 Å². The zero-order valence-electron chi connectivity index (χ0n) is 15.5. The number of carbonyl (C=O) groups excluding carboxylic acids is 1. The molecule has 1 aliphatic heterocycles. The topological polar surface area (TPSA) is 97.0 Å². The van der Waals surface area contributed by atoms with E-state index in [9.17, 15) is 13.2 Å². The van der Waals surface area contributed by atoms with Gasteiger partial charge in [0.15, 0.2) is 5.76 Å². The number of piperazine rings is 1. The molecular weight excluding hydrogens is 388 g/mol. The fourth-order valence-electron chi connectivity index (χ4n) is 3.31. The molecule has 27 heavy (non-hydrogen) atoms. The first-order valence-corrected chi connectivity index (χ1v) is 11.3. The van der Waals surface area contributed by atoms with Crippen LogP contribution in [0, 0.1) is 13.8 Å². The minimum Gasteiger partial charge on any atom is -0.360 e. The van der Waals surface area contributed by atoms with Crippen molar-refractivity contribution in [3.05, 3.63) is 33.8 Å². The minimum absolute atomic E-state index is 0.0222. The van der Waals surface area contributed by atoms with E-state index in [1.807, 2.05) is 4.90 Å². The zero-order valence-corrected chi connectivity index (χ0v) is 17.2. The zero-order chi connectivity index (χ0) is 19.4. The van der Waals surface area contributed by atoms with Crippen LogP contribution in [0.1, 0.15) is 23.4 Å². The second-order valence-corrected chi connectivity index (χ2v) is 9.22. The van der Waals surface area contributed by atoms with E-state index < -0.39 is 10.0 Å². The van der Waals surface area contributed by atoms with Crippen LogP contribution in [-0.2, 0) is 21.4 Å². The predicted octanol–water partition coefficient (Wildman–Crippen LogP) is -0.0514. The van der Waals surface area contributed by atoms with Crippen molar-refractivity contribution in [1.29, 1.82) is 0 Å². The van der Waals surface area contributed by atoms with E-state index in [1.165, 1.54) is 10.5 Å². The van der Waals surface area contributed by atoms with Crippen LogP contribution in [0.25, 0.3) is 0 Å². The van der Waals surface area contributed by atoms with Crippen LogP contribution in [0.2, 0.25) is 0 Å². The molecule has 1 amide bonds. The molecule has 0 aliphatic carbocycles.